The van der Waals surface area contributed by atoms with Crippen molar-refractivity contribution in [2.45, 2.75) is 0 Å². The van der Waals surface area contributed by atoms with Crippen molar-refractivity contribution >= 4 is 23.6 Å². The number of hydrogen-bond acceptors (Lipinski definition) is 4. The van der Waals surface area contributed by atoms with Crippen molar-refractivity contribution in [3.05, 3.63) is 72.4 Å². The lowest BCUT2D eigenvalue weighted by atomic mass is 10.2. The molecule has 146 valence electrons. The van der Waals surface area contributed by atoms with Crippen LogP contribution >= 0.6 is 0 Å². The van der Waals surface area contributed by atoms with Crippen LogP contribution in [0, 0.1) is 0 Å². The molecule has 28 heavy (non-hydrogen) atoms. The molecule has 1 heterocycles. The van der Waals surface area contributed by atoms with Gasteiger partial charge < -0.3 is 19.8 Å². The fourth-order valence-corrected chi connectivity index (χ4v) is 3.18. The molecule has 2 aromatic carbocycles. The molecule has 1 aliphatic rings. The fraction of sp³-hybridized carbons (Fsp3) is 0.273. The smallest absolute Gasteiger partial charge is 0.323 e. The first-order valence-corrected chi connectivity index (χ1v) is 9.39. The largest absolute Gasteiger partial charge is 0.480 e. The zero-order valence-electron chi connectivity index (χ0n) is 15.8. The molecule has 6 nitrogen and oxygen atoms in total. The highest BCUT2D eigenvalue weighted by Crippen LogP contribution is 2.14. The molecule has 0 atom stereocenters. The Balaban J connectivity index is 1.53. The molecule has 0 aliphatic carbocycles. The molecule has 0 unspecified atom stereocenters. The zero-order chi connectivity index (χ0) is 19.8. The van der Waals surface area contributed by atoms with E-state index >= 15 is 0 Å². The molecule has 1 aliphatic heterocycles. The average molecular weight is 379 g/mol. The molecule has 1 saturated heterocycles. The molecule has 0 saturated carbocycles. The van der Waals surface area contributed by atoms with E-state index in [0.717, 1.165) is 24.3 Å². The van der Waals surface area contributed by atoms with E-state index in [0.29, 0.717) is 13.1 Å². The molecule has 1 fully saturated rings. The van der Waals surface area contributed by atoms with Crippen LogP contribution in [0.5, 0.6) is 0 Å². The standard InChI is InChI=1S/C22H25N3O3/c26-21(17-25(18-22(27)28)20-9-5-2-6-10-20)24-15-13-23(14-16-24)12-11-19-7-3-1-4-8-19/h1-12H,13-18H2,(H,27,28). The number of rotatable bonds is 7. The number of carbonyl (C=O) groups excluding carboxylic acids is 1. The molecular formula is C22H25N3O3. The summed E-state index contributed by atoms with van der Waals surface area (Å²) < 4.78 is 0. The minimum atomic E-state index is -0.951. The highest BCUT2D eigenvalue weighted by atomic mass is 16.4. The lowest BCUT2D eigenvalue weighted by Crippen LogP contribution is -2.50. The SMILES string of the molecule is O=C(O)CN(CC(=O)N1CCN(C=Cc2ccccc2)CC1)c1ccccc1. The van der Waals surface area contributed by atoms with Crippen LogP contribution < -0.4 is 4.90 Å². The predicted octanol–water partition coefficient (Wildman–Crippen LogP) is 2.39. The van der Waals surface area contributed by atoms with Gasteiger partial charge in [0.2, 0.25) is 5.91 Å². The van der Waals surface area contributed by atoms with Gasteiger partial charge in [-0.25, -0.2) is 0 Å². The van der Waals surface area contributed by atoms with Gasteiger partial charge in [0.05, 0.1) is 6.54 Å². The van der Waals surface area contributed by atoms with Crippen LogP contribution in [0.15, 0.2) is 66.9 Å². The first-order valence-electron chi connectivity index (χ1n) is 9.39. The maximum absolute atomic E-state index is 12.7. The van der Waals surface area contributed by atoms with Gasteiger partial charge in [-0.05, 0) is 30.0 Å². The van der Waals surface area contributed by atoms with Crippen LogP contribution in [0.2, 0.25) is 0 Å². The Morgan fingerprint density at radius 3 is 2.11 bits per heavy atom. The third-order valence-electron chi connectivity index (χ3n) is 4.72. The summed E-state index contributed by atoms with van der Waals surface area (Å²) in [6.45, 7) is 2.66. The van der Waals surface area contributed by atoms with Crippen LogP contribution in [0.1, 0.15) is 5.56 Å². The Morgan fingerprint density at radius 1 is 0.893 bits per heavy atom. The number of carboxylic acids is 1. The molecule has 2 aromatic rings. The number of aliphatic carboxylic acids is 1. The van der Waals surface area contributed by atoms with Crippen molar-refractivity contribution in [2.75, 3.05) is 44.2 Å². The Bertz CT molecular complexity index is 800. The van der Waals surface area contributed by atoms with E-state index in [1.165, 1.54) is 0 Å². The number of piperazine rings is 1. The second-order valence-electron chi connectivity index (χ2n) is 6.73. The lowest BCUT2D eigenvalue weighted by Gasteiger charge is -2.35. The maximum Gasteiger partial charge on any atom is 0.323 e. The second kappa shape index (κ2) is 9.60. The molecule has 0 radical (unpaired) electrons. The van der Waals surface area contributed by atoms with E-state index in [1.54, 1.807) is 4.90 Å². The number of carboxylic acid groups (broad SMARTS) is 1. The van der Waals surface area contributed by atoms with Crippen LogP contribution in [0.4, 0.5) is 5.69 Å². The average Bonchev–Trinajstić information content (AvgIpc) is 2.73. The summed E-state index contributed by atoms with van der Waals surface area (Å²) in [6, 6.07) is 19.3. The van der Waals surface area contributed by atoms with Gasteiger partial charge in [-0.2, -0.15) is 0 Å². The number of anilines is 1. The summed E-state index contributed by atoms with van der Waals surface area (Å²) in [6.07, 6.45) is 4.14. The van der Waals surface area contributed by atoms with Crippen LogP contribution in [0.3, 0.4) is 0 Å². The topological polar surface area (TPSA) is 64.1 Å². The molecule has 0 bridgehead atoms. The minimum Gasteiger partial charge on any atom is -0.480 e. The minimum absolute atomic E-state index is 0.0446. The Morgan fingerprint density at radius 2 is 1.50 bits per heavy atom. The molecule has 1 amide bonds. The molecule has 6 heteroatoms. The van der Waals surface area contributed by atoms with E-state index in [2.05, 4.69) is 29.3 Å². The summed E-state index contributed by atoms with van der Waals surface area (Å²) in [4.78, 5) is 29.5. The summed E-state index contributed by atoms with van der Waals surface area (Å²) in [7, 11) is 0. The number of benzene rings is 2. The molecule has 0 spiro atoms. The van der Waals surface area contributed by atoms with Crippen molar-refractivity contribution in [2.24, 2.45) is 0 Å². The van der Waals surface area contributed by atoms with Gasteiger partial charge in [0, 0.05) is 31.9 Å². The van der Waals surface area contributed by atoms with Crippen LogP contribution in [-0.4, -0.2) is 66.1 Å². The number of para-hydroxylation sites is 1. The maximum atomic E-state index is 12.7. The molecule has 3 rings (SSSR count). The van der Waals surface area contributed by atoms with E-state index in [1.807, 2.05) is 53.4 Å². The first kappa shape index (κ1) is 19.5. The normalized spacial score (nSPS) is 14.3. The highest BCUT2D eigenvalue weighted by Gasteiger charge is 2.22. The number of carbonyl (C=O) groups is 2. The summed E-state index contributed by atoms with van der Waals surface area (Å²) >= 11 is 0. The third-order valence-corrected chi connectivity index (χ3v) is 4.72. The number of hydrogen-bond donors (Lipinski definition) is 1. The zero-order valence-corrected chi connectivity index (χ0v) is 15.8. The van der Waals surface area contributed by atoms with Gasteiger partial charge in [-0.1, -0.05) is 48.5 Å². The van der Waals surface area contributed by atoms with Gasteiger partial charge in [0.25, 0.3) is 0 Å². The van der Waals surface area contributed by atoms with E-state index in [-0.39, 0.29) is 19.0 Å². The van der Waals surface area contributed by atoms with Gasteiger partial charge in [0.1, 0.15) is 6.54 Å². The van der Waals surface area contributed by atoms with Crippen LogP contribution in [0.25, 0.3) is 6.08 Å². The summed E-state index contributed by atoms with van der Waals surface area (Å²) in [5, 5.41) is 9.18. The van der Waals surface area contributed by atoms with Gasteiger partial charge in [0.15, 0.2) is 0 Å². The van der Waals surface area contributed by atoms with E-state index in [9.17, 15) is 14.7 Å². The van der Waals surface area contributed by atoms with Crippen molar-refractivity contribution in [1.82, 2.24) is 9.80 Å². The summed E-state index contributed by atoms with van der Waals surface area (Å²) in [5.74, 6) is -0.996. The summed E-state index contributed by atoms with van der Waals surface area (Å²) in [5.41, 5.74) is 1.89. The second-order valence-corrected chi connectivity index (χ2v) is 6.73. The van der Waals surface area contributed by atoms with Crippen molar-refractivity contribution in [3.63, 3.8) is 0 Å². The molecule has 0 aromatic heterocycles. The third kappa shape index (κ3) is 5.61. The Hall–Kier alpha value is -3.28. The Labute approximate surface area is 165 Å². The Kier molecular flexibility index (Phi) is 6.68. The lowest BCUT2D eigenvalue weighted by molar-refractivity contribution is -0.135. The van der Waals surface area contributed by atoms with E-state index < -0.39 is 5.97 Å². The number of nitrogens with zero attached hydrogens (tertiary/aromatic N) is 3. The quantitative estimate of drug-likeness (QED) is 0.800. The van der Waals surface area contributed by atoms with Gasteiger partial charge in [-0.15, -0.1) is 0 Å². The predicted molar refractivity (Wildman–Crippen MR) is 110 cm³/mol. The monoisotopic (exact) mass is 379 g/mol. The first-order chi connectivity index (χ1) is 13.6. The molecule has 1 N–H and O–H groups in total. The van der Waals surface area contributed by atoms with E-state index in [4.69, 9.17) is 0 Å². The fourth-order valence-electron chi connectivity index (χ4n) is 3.18. The van der Waals surface area contributed by atoms with Crippen molar-refractivity contribution in [1.29, 1.82) is 0 Å². The van der Waals surface area contributed by atoms with Crippen LogP contribution in [-0.2, 0) is 9.59 Å². The van der Waals surface area contributed by atoms with Gasteiger partial charge >= 0.3 is 5.97 Å². The number of amides is 1. The highest BCUT2D eigenvalue weighted by molar-refractivity contribution is 5.84. The van der Waals surface area contributed by atoms with Gasteiger partial charge in [-0.3, -0.25) is 9.59 Å². The van der Waals surface area contributed by atoms with Crippen molar-refractivity contribution < 1.29 is 14.7 Å². The molecular weight excluding hydrogens is 354 g/mol. The van der Waals surface area contributed by atoms with Crippen molar-refractivity contribution in [3.8, 4) is 0 Å².